The highest BCUT2D eigenvalue weighted by atomic mass is 35.5. The summed E-state index contributed by atoms with van der Waals surface area (Å²) in [6, 6.07) is 3.86. The Labute approximate surface area is 132 Å². The topological polar surface area (TPSA) is 15.7 Å². The van der Waals surface area contributed by atoms with Gasteiger partial charge in [0.05, 0.1) is 12.1 Å². The first-order chi connectivity index (χ1) is 9.49. The van der Waals surface area contributed by atoms with Crippen LogP contribution in [0.3, 0.4) is 0 Å². The zero-order valence-corrected chi connectivity index (χ0v) is 14.3. The van der Waals surface area contributed by atoms with Gasteiger partial charge in [0.2, 0.25) is 0 Å². The number of halogens is 2. The molecule has 1 rings (SSSR count). The first-order valence-electron chi connectivity index (χ1n) is 6.87. The molecule has 5 heteroatoms. The number of methoxy groups -OCH3 is 1. The van der Waals surface area contributed by atoms with E-state index in [0.29, 0.717) is 15.8 Å². The third kappa shape index (κ3) is 5.13. The van der Waals surface area contributed by atoms with Crippen molar-refractivity contribution in [2.75, 3.05) is 40.8 Å². The average Bonchev–Trinajstić information content (AvgIpc) is 2.42. The molecule has 0 aliphatic rings. The number of nitrogens with zero attached hydrogens (tertiary/aromatic N) is 2. The third-order valence-electron chi connectivity index (χ3n) is 3.27. The van der Waals surface area contributed by atoms with Crippen LogP contribution >= 0.6 is 23.2 Å². The minimum absolute atomic E-state index is 0.496. The van der Waals surface area contributed by atoms with Crippen molar-refractivity contribution < 1.29 is 4.74 Å². The van der Waals surface area contributed by atoms with E-state index in [1.54, 1.807) is 7.11 Å². The lowest BCUT2D eigenvalue weighted by Crippen LogP contribution is -2.27. The van der Waals surface area contributed by atoms with Gasteiger partial charge in [0.1, 0.15) is 10.8 Å². The van der Waals surface area contributed by atoms with Crippen LogP contribution in [0.2, 0.25) is 10.0 Å². The first kappa shape index (κ1) is 17.6. The summed E-state index contributed by atoms with van der Waals surface area (Å²) in [5, 5.41) is 1.09. The largest absolute Gasteiger partial charge is 0.495 e. The van der Waals surface area contributed by atoms with Crippen molar-refractivity contribution in [3.8, 4) is 5.75 Å². The van der Waals surface area contributed by atoms with E-state index in [4.69, 9.17) is 27.9 Å². The highest BCUT2D eigenvalue weighted by Crippen LogP contribution is 2.34. The van der Waals surface area contributed by atoms with E-state index in [-0.39, 0.29) is 0 Å². The van der Waals surface area contributed by atoms with Crippen LogP contribution in [0.4, 0.5) is 0 Å². The molecule has 0 atom stereocenters. The van der Waals surface area contributed by atoms with E-state index < -0.39 is 0 Å². The second-order valence-corrected chi connectivity index (χ2v) is 5.84. The molecular formula is C15H24Cl2N2O. The maximum Gasteiger partial charge on any atom is 0.138 e. The molecule has 0 bridgehead atoms. The summed E-state index contributed by atoms with van der Waals surface area (Å²) in [4.78, 5) is 4.57. The summed E-state index contributed by atoms with van der Waals surface area (Å²) >= 11 is 12.5. The average molecular weight is 319 g/mol. The monoisotopic (exact) mass is 318 g/mol. The van der Waals surface area contributed by atoms with Gasteiger partial charge < -0.3 is 9.64 Å². The van der Waals surface area contributed by atoms with Crippen LogP contribution in [-0.2, 0) is 6.54 Å². The fourth-order valence-electron chi connectivity index (χ4n) is 2.05. The lowest BCUT2D eigenvalue weighted by molar-refractivity contribution is 0.259. The van der Waals surface area contributed by atoms with Gasteiger partial charge in [0.25, 0.3) is 0 Å². The van der Waals surface area contributed by atoms with E-state index in [0.717, 1.165) is 38.2 Å². The maximum atomic E-state index is 6.32. The molecule has 20 heavy (non-hydrogen) atoms. The molecule has 1 aromatic rings. The fraction of sp³-hybridized carbons (Fsp3) is 0.600. The molecule has 0 heterocycles. The number of rotatable bonds is 8. The second kappa shape index (κ2) is 8.73. The molecular weight excluding hydrogens is 295 g/mol. The molecule has 0 saturated carbocycles. The normalized spacial score (nSPS) is 11.4. The molecule has 1 aromatic carbocycles. The molecule has 0 aliphatic heterocycles. The number of ether oxygens (including phenoxy) is 1. The summed E-state index contributed by atoms with van der Waals surface area (Å²) in [6.45, 7) is 6.11. The Kier molecular flexibility index (Phi) is 7.67. The molecule has 114 valence electrons. The standard InChI is InChI=1S/C15H24Cl2N2O/c1-5-19(10-6-9-18(2)3)11-12-7-8-13(20-4)15(17)14(12)16/h7-8H,5-6,9-11H2,1-4H3. The van der Waals surface area contributed by atoms with Gasteiger partial charge >= 0.3 is 0 Å². The summed E-state index contributed by atoms with van der Waals surface area (Å²) in [5.41, 5.74) is 1.05. The molecule has 0 radical (unpaired) electrons. The Morgan fingerprint density at radius 2 is 1.80 bits per heavy atom. The number of hydrogen-bond acceptors (Lipinski definition) is 3. The van der Waals surface area contributed by atoms with Crippen molar-refractivity contribution in [3.63, 3.8) is 0 Å². The Morgan fingerprint density at radius 1 is 1.10 bits per heavy atom. The van der Waals surface area contributed by atoms with Gasteiger partial charge in [-0.1, -0.05) is 36.2 Å². The highest BCUT2D eigenvalue weighted by molar-refractivity contribution is 6.43. The van der Waals surface area contributed by atoms with E-state index in [9.17, 15) is 0 Å². The number of benzene rings is 1. The lowest BCUT2D eigenvalue weighted by atomic mass is 10.2. The van der Waals surface area contributed by atoms with Crippen molar-refractivity contribution in [2.45, 2.75) is 19.9 Å². The summed E-state index contributed by atoms with van der Waals surface area (Å²) in [7, 11) is 5.78. The van der Waals surface area contributed by atoms with Gasteiger partial charge in [-0.3, -0.25) is 4.90 Å². The van der Waals surface area contributed by atoms with Crippen LogP contribution in [0.1, 0.15) is 18.9 Å². The minimum atomic E-state index is 0.496. The van der Waals surface area contributed by atoms with Gasteiger partial charge in [-0.2, -0.15) is 0 Å². The minimum Gasteiger partial charge on any atom is -0.495 e. The highest BCUT2D eigenvalue weighted by Gasteiger charge is 2.13. The summed E-state index contributed by atoms with van der Waals surface area (Å²) in [5.74, 6) is 0.621. The summed E-state index contributed by atoms with van der Waals surface area (Å²) < 4.78 is 5.17. The SMILES string of the molecule is CCN(CCCN(C)C)Cc1ccc(OC)c(Cl)c1Cl. The van der Waals surface area contributed by atoms with E-state index in [1.807, 2.05) is 12.1 Å². The quantitative estimate of drug-likeness (QED) is 0.725. The molecule has 0 fully saturated rings. The van der Waals surface area contributed by atoms with Gasteiger partial charge in [0.15, 0.2) is 0 Å². The predicted molar refractivity (Wildman–Crippen MR) is 87.1 cm³/mol. The van der Waals surface area contributed by atoms with Gasteiger partial charge in [-0.25, -0.2) is 0 Å². The lowest BCUT2D eigenvalue weighted by Gasteiger charge is -2.22. The van der Waals surface area contributed by atoms with Crippen LogP contribution in [0.15, 0.2) is 12.1 Å². The zero-order valence-electron chi connectivity index (χ0n) is 12.7. The van der Waals surface area contributed by atoms with Crippen LogP contribution in [-0.4, -0.2) is 50.6 Å². The Bertz CT molecular complexity index is 425. The number of hydrogen-bond donors (Lipinski definition) is 0. The van der Waals surface area contributed by atoms with Crippen molar-refractivity contribution in [3.05, 3.63) is 27.7 Å². The second-order valence-electron chi connectivity index (χ2n) is 5.08. The summed E-state index contributed by atoms with van der Waals surface area (Å²) in [6.07, 6.45) is 1.14. The molecule has 3 nitrogen and oxygen atoms in total. The van der Waals surface area contributed by atoms with Gasteiger partial charge in [-0.15, -0.1) is 0 Å². The van der Waals surface area contributed by atoms with Crippen LogP contribution < -0.4 is 4.74 Å². The van der Waals surface area contributed by atoms with Gasteiger partial charge in [0, 0.05) is 6.54 Å². The van der Waals surface area contributed by atoms with Crippen LogP contribution in [0, 0.1) is 0 Å². The van der Waals surface area contributed by atoms with Crippen molar-refractivity contribution in [2.24, 2.45) is 0 Å². The Morgan fingerprint density at radius 3 is 2.35 bits per heavy atom. The van der Waals surface area contributed by atoms with Gasteiger partial charge in [-0.05, 0) is 51.8 Å². The molecule has 0 aliphatic carbocycles. The molecule has 0 saturated heterocycles. The molecule has 0 aromatic heterocycles. The van der Waals surface area contributed by atoms with Crippen LogP contribution in [0.5, 0.6) is 5.75 Å². The Hall–Kier alpha value is -0.480. The Balaban J connectivity index is 2.68. The molecule has 0 unspecified atom stereocenters. The molecule has 0 amide bonds. The molecule has 0 N–H and O–H groups in total. The van der Waals surface area contributed by atoms with Crippen molar-refractivity contribution >= 4 is 23.2 Å². The van der Waals surface area contributed by atoms with Crippen molar-refractivity contribution in [1.82, 2.24) is 9.80 Å². The zero-order chi connectivity index (χ0) is 15.1. The molecule has 0 spiro atoms. The van der Waals surface area contributed by atoms with Crippen molar-refractivity contribution in [1.29, 1.82) is 0 Å². The smallest absolute Gasteiger partial charge is 0.138 e. The fourth-order valence-corrected chi connectivity index (χ4v) is 2.53. The van der Waals surface area contributed by atoms with Crippen LogP contribution in [0.25, 0.3) is 0 Å². The maximum absolute atomic E-state index is 6.32. The third-order valence-corrected chi connectivity index (χ3v) is 4.17. The van der Waals surface area contributed by atoms with E-state index in [2.05, 4.69) is 30.8 Å². The predicted octanol–water partition coefficient (Wildman–Crippen LogP) is 3.78. The van der Waals surface area contributed by atoms with E-state index >= 15 is 0 Å². The first-order valence-corrected chi connectivity index (χ1v) is 7.63. The van der Waals surface area contributed by atoms with E-state index in [1.165, 1.54) is 0 Å².